The van der Waals surface area contributed by atoms with E-state index in [0.717, 1.165) is 44.9 Å². The van der Waals surface area contributed by atoms with E-state index < -0.39 is 0 Å². The van der Waals surface area contributed by atoms with Crippen LogP contribution in [0.1, 0.15) is 72.4 Å². The minimum atomic E-state index is 0.0829. The molecule has 0 fully saturated rings. The van der Waals surface area contributed by atoms with Crippen molar-refractivity contribution in [3.05, 3.63) is 118 Å². The Kier molecular flexibility index (Phi) is 7.87. The van der Waals surface area contributed by atoms with E-state index in [-0.39, 0.29) is 11.8 Å². The highest BCUT2D eigenvalue weighted by Crippen LogP contribution is 2.43. The smallest absolute Gasteiger partial charge is 0.122 e. The van der Waals surface area contributed by atoms with Crippen LogP contribution < -0.4 is 0 Å². The molecule has 2 N–H and O–H groups in total. The molecule has 0 aliphatic heterocycles. The lowest BCUT2D eigenvalue weighted by Crippen LogP contribution is -2.02. The summed E-state index contributed by atoms with van der Waals surface area (Å²) < 4.78 is 0. The third-order valence-corrected chi connectivity index (χ3v) is 7.81. The van der Waals surface area contributed by atoms with E-state index in [1.165, 1.54) is 11.1 Å². The summed E-state index contributed by atoms with van der Waals surface area (Å²) >= 11 is 1.69. The third-order valence-electron chi connectivity index (χ3n) is 6.86. The first-order valence-electron chi connectivity index (χ1n) is 12.4. The van der Waals surface area contributed by atoms with Crippen molar-refractivity contribution in [1.29, 1.82) is 0 Å². The van der Waals surface area contributed by atoms with Crippen LogP contribution in [-0.2, 0) is 6.42 Å². The molecule has 180 valence electrons. The van der Waals surface area contributed by atoms with E-state index in [1.807, 2.05) is 37.3 Å². The van der Waals surface area contributed by atoms with Crippen molar-refractivity contribution in [2.75, 3.05) is 0 Å². The van der Waals surface area contributed by atoms with Gasteiger partial charge in [-0.25, -0.2) is 0 Å². The van der Waals surface area contributed by atoms with Crippen molar-refractivity contribution >= 4 is 11.8 Å². The number of phenols is 2. The molecule has 0 saturated heterocycles. The van der Waals surface area contributed by atoms with Crippen LogP contribution in [0.3, 0.4) is 0 Å². The van der Waals surface area contributed by atoms with E-state index in [4.69, 9.17) is 0 Å². The molecular formula is C32H34O2S. The van der Waals surface area contributed by atoms with Crippen LogP contribution in [0.4, 0.5) is 0 Å². The van der Waals surface area contributed by atoms with Crippen LogP contribution in [0.15, 0.2) is 94.7 Å². The molecule has 0 radical (unpaired) electrons. The van der Waals surface area contributed by atoms with Gasteiger partial charge in [0.05, 0.1) is 0 Å². The van der Waals surface area contributed by atoms with Gasteiger partial charge in [0.1, 0.15) is 11.5 Å². The van der Waals surface area contributed by atoms with Gasteiger partial charge in [-0.3, -0.25) is 0 Å². The van der Waals surface area contributed by atoms with E-state index in [9.17, 15) is 10.2 Å². The number of phenolic OH excluding ortho intramolecular Hbond substituents is 2. The summed E-state index contributed by atoms with van der Waals surface area (Å²) in [4.78, 5) is 2.19. The minimum absolute atomic E-state index is 0.0829. The van der Waals surface area contributed by atoms with Gasteiger partial charge in [-0.2, -0.15) is 0 Å². The van der Waals surface area contributed by atoms with E-state index in [0.29, 0.717) is 11.5 Å². The minimum Gasteiger partial charge on any atom is -0.507 e. The van der Waals surface area contributed by atoms with Crippen LogP contribution in [0, 0.1) is 6.92 Å². The van der Waals surface area contributed by atoms with Crippen LogP contribution >= 0.6 is 11.8 Å². The zero-order valence-corrected chi connectivity index (χ0v) is 21.8. The predicted octanol–water partition coefficient (Wildman–Crippen LogP) is 8.81. The van der Waals surface area contributed by atoms with Gasteiger partial charge in [0.25, 0.3) is 0 Å². The zero-order valence-electron chi connectivity index (χ0n) is 21.0. The lowest BCUT2D eigenvalue weighted by Gasteiger charge is -2.21. The Hall–Kier alpha value is -3.17. The molecule has 0 aliphatic rings. The third kappa shape index (κ3) is 5.41. The summed E-state index contributed by atoms with van der Waals surface area (Å²) in [5.41, 5.74) is 6.15. The predicted molar refractivity (Wildman–Crippen MR) is 147 cm³/mol. The Labute approximate surface area is 213 Å². The molecule has 2 unspecified atom stereocenters. The normalized spacial score (nSPS) is 12.9. The largest absolute Gasteiger partial charge is 0.507 e. The van der Waals surface area contributed by atoms with Gasteiger partial charge in [-0.05, 0) is 66.3 Å². The van der Waals surface area contributed by atoms with Crippen molar-refractivity contribution in [1.82, 2.24) is 0 Å². The maximum atomic E-state index is 11.1. The second kappa shape index (κ2) is 11.0. The molecule has 0 spiro atoms. The van der Waals surface area contributed by atoms with Crippen molar-refractivity contribution in [3.63, 3.8) is 0 Å². The fraction of sp³-hybridized carbons (Fsp3) is 0.250. The summed E-state index contributed by atoms with van der Waals surface area (Å²) in [6.07, 6.45) is 1.68. The molecule has 0 heterocycles. The van der Waals surface area contributed by atoms with Gasteiger partial charge in [0, 0.05) is 32.8 Å². The summed E-state index contributed by atoms with van der Waals surface area (Å²) in [7, 11) is 0. The average molecular weight is 483 g/mol. The summed E-state index contributed by atoms with van der Waals surface area (Å²) in [5.74, 6) is 0.992. The fourth-order valence-corrected chi connectivity index (χ4v) is 5.90. The summed E-state index contributed by atoms with van der Waals surface area (Å²) in [6.45, 7) is 8.35. The first kappa shape index (κ1) is 24.9. The highest BCUT2D eigenvalue weighted by Gasteiger charge is 2.20. The van der Waals surface area contributed by atoms with Crippen molar-refractivity contribution in [2.45, 2.75) is 62.2 Å². The second-order valence-corrected chi connectivity index (χ2v) is 10.3. The second-order valence-electron chi connectivity index (χ2n) is 9.16. The molecule has 3 heteroatoms. The summed E-state index contributed by atoms with van der Waals surface area (Å²) in [5, 5.41) is 22.0. The van der Waals surface area contributed by atoms with Gasteiger partial charge in [0.15, 0.2) is 0 Å². The zero-order chi connectivity index (χ0) is 24.9. The number of aromatic hydroxyl groups is 2. The molecule has 4 aromatic carbocycles. The number of aryl methyl sites for hydroxylation is 2. The highest BCUT2D eigenvalue weighted by molar-refractivity contribution is 7.99. The maximum Gasteiger partial charge on any atom is 0.122 e. The fourth-order valence-electron chi connectivity index (χ4n) is 4.82. The molecule has 4 rings (SSSR count). The molecule has 0 amide bonds. The average Bonchev–Trinajstić information content (AvgIpc) is 2.89. The van der Waals surface area contributed by atoms with Crippen LogP contribution in [0.25, 0.3) is 0 Å². The first-order valence-corrected chi connectivity index (χ1v) is 13.2. The van der Waals surface area contributed by atoms with E-state index >= 15 is 0 Å². The van der Waals surface area contributed by atoms with Crippen LogP contribution in [-0.4, -0.2) is 10.2 Å². The Morgan fingerprint density at radius 2 is 1.29 bits per heavy atom. The van der Waals surface area contributed by atoms with Crippen LogP contribution in [0.5, 0.6) is 11.5 Å². The first-order chi connectivity index (χ1) is 16.9. The molecular weight excluding hydrogens is 448 g/mol. The van der Waals surface area contributed by atoms with E-state index in [1.54, 1.807) is 11.8 Å². The molecule has 0 saturated carbocycles. The number of hydrogen-bond donors (Lipinski definition) is 2. The van der Waals surface area contributed by atoms with Crippen molar-refractivity contribution < 1.29 is 10.2 Å². The lowest BCUT2D eigenvalue weighted by molar-refractivity contribution is 0.456. The number of hydrogen-bond acceptors (Lipinski definition) is 3. The van der Waals surface area contributed by atoms with E-state index in [2.05, 4.69) is 75.4 Å². The lowest BCUT2D eigenvalue weighted by atomic mass is 9.87. The number of benzene rings is 4. The van der Waals surface area contributed by atoms with Gasteiger partial charge in [-0.15, -0.1) is 0 Å². The van der Waals surface area contributed by atoms with Crippen molar-refractivity contribution in [3.8, 4) is 11.5 Å². The quantitative estimate of drug-likeness (QED) is 0.263. The molecule has 0 aliphatic carbocycles. The Bertz CT molecular complexity index is 1280. The standard InChI is InChI=1S/C32H34O2S/c1-5-23-18-27(20-30(32(23)34)28(6-2)25-15-11-8-12-16-25)35-26-17-21(3)31(33)29(19-26)22(4)24-13-9-7-10-14-24/h7-20,22,28,33-34H,5-6H2,1-4H3. The van der Waals surface area contributed by atoms with Gasteiger partial charge >= 0.3 is 0 Å². The van der Waals surface area contributed by atoms with Gasteiger partial charge in [0.2, 0.25) is 0 Å². The van der Waals surface area contributed by atoms with Gasteiger partial charge < -0.3 is 10.2 Å². The SMILES string of the molecule is CCc1cc(Sc2cc(C)c(O)c(C(C)c3ccccc3)c2)cc(C(CC)c2ccccc2)c1O. The Morgan fingerprint density at radius 3 is 1.89 bits per heavy atom. The molecule has 0 bridgehead atoms. The van der Waals surface area contributed by atoms with Crippen LogP contribution in [0.2, 0.25) is 0 Å². The summed E-state index contributed by atoms with van der Waals surface area (Å²) in [6, 6.07) is 29.1. The molecule has 2 atom stereocenters. The molecule has 2 nitrogen and oxygen atoms in total. The Balaban J connectivity index is 1.74. The molecule has 35 heavy (non-hydrogen) atoms. The van der Waals surface area contributed by atoms with Crippen molar-refractivity contribution in [2.24, 2.45) is 0 Å². The topological polar surface area (TPSA) is 40.5 Å². The highest BCUT2D eigenvalue weighted by atomic mass is 32.2. The molecule has 0 aromatic heterocycles. The maximum absolute atomic E-state index is 11.1. The monoisotopic (exact) mass is 482 g/mol. The Morgan fingerprint density at radius 1 is 0.714 bits per heavy atom. The number of rotatable bonds is 8. The van der Waals surface area contributed by atoms with Gasteiger partial charge in [-0.1, -0.05) is 93.2 Å². The molecule has 4 aromatic rings.